The van der Waals surface area contributed by atoms with Gasteiger partial charge in [0.25, 0.3) is 0 Å². The summed E-state index contributed by atoms with van der Waals surface area (Å²) in [6, 6.07) is 10.6. The number of thiophene rings is 1. The van der Waals surface area contributed by atoms with Gasteiger partial charge in [0.15, 0.2) is 5.78 Å². The Kier molecular flexibility index (Phi) is 3.10. The van der Waals surface area contributed by atoms with Crippen LogP contribution in [0.2, 0.25) is 8.67 Å². The summed E-state index contributed by atoms with van der Waals surface area (Å²) >= 11 is 12.9. The Morgan fingerprint density at radius 3 is 2.33 bits per heavy atom. The Morgan fingerprint density at radius 1 is 1.13 bits per heavy atom. The highest BCUT2D eigenvalue weighted by Gasteiger charge is 2.15. The molecule has 0 aliphatic carbocycles. The van der Waals surface area contributed by atoms with E-state index >= 15 is 0 Å². The minimum atomic E-state index is -0.0937. The second kappa shape index (κ2) is 4.35. The molecule has 0 saturated heterocycles. The highest BCUT2D eigenvalue weighted by molar-refractivity contribution is 7.20. The molecule has 1 aromatic heterocycles. The van der Waals surface area contributed by atoms with E-state index in [0.717, 1.165) is 0 Å². The van der Waals surface area contributed by atoms with Gasteiger partial charge in [0.2, 0.25) is 0 Å². The first-order valence-corrected chi connectivity index (χ1v) is 5.80. The maximum absolute atomic E-state index is 11.9. The summed E-state index contributed by atoms with van der Waals surface area (Å²) in [5.74, 6) is -0.0937. The van der Waals surface area contributed by atoms with Crippen molar-refractivity contribution in [2.24, 2.45) is 0 Å². The van der Waals surface area contributed by atoms with Crippen molar-refractivity contribution < 1.29 is 4.79 Å². The van der Waals surface area contributed by atoms with Crippen molar-refractivity contribution in [3.05, 3.63) is 56.2 Å². The molecule has 1 nitrogen and oxygen atoms in total. The Balaban J connectivity index is 2.41. The van der Waals surface area contributed by atoms with Crippen LogP contribution in [0.4, 0.5) is 0 Å². The number of rotatable bonds is 2. The highest BCUT2D eigenvalue weighted by atomic mass is 35.5. The lowest BCUT2D eigenvalue weighted by Crippen LogP contribution is -1.99. The quantitative estimate of drug-likeness (QED) is 0.733. The van der Waals surface area contributed by atoms with Crippen LogP contribution in [-0.2, 0) is 0 Å². The number of hydrogen-bond donors (Lipinski definition) is 0. The Hall–Kier alpha value is -0.830. The Labute approximate surface area is 101 Å². The number of carbonyl (C=O) groups is 1. The van der Waals surface area contributed by atoms with E-state index in [4.69, 9.17) is 23.2 Å². The molecule has 15 heavy (non-hydrogen) atoms. The molecular weight excluding hydrogens is 251 g/mol. The van der Waals surface area contributed by atoms with E-state index in [0.29, 0.717) is 19.8 Å². The van der Waals surface area contributed by atoms with E-state index in [1.807, 2.05) is 18.2 Å². The summed E-state index contributed by atoms with van der Waals surface area (Å²) in [4.78, 5) is 11.9. The van der Waals surface area contributed by atoms with Crippen LogP contribution in [-0.4, -0.2) is 5.78 Å². The summed E-state index contributed by atoms with van der Waals surface area (Å²) in [7, 11) is 0. The fraction of sp³-hybridized carbons (Fsp3) is 0. The molecule has 2 aromatic rings. The maximum atomic E-state index is 11.9. The molecule has 0 spiro atoms. The molecule has 0 unspecified atom stereocenters. The van der Waals surface area contributed by atoms with Crippen molar-refractivity contribution in [3.63, 3.8) is 0 Å². The van der Waals surface area contributed by atoms with Crippen LogP contribution in [0.1, 0.15) is 15.9 Å². The van der Waals surface area contributed by atoms with Crippen LogP contribution in [0.25, 0.3) is 0 Å². The molecule has 2 rings (SSSR count). The average Bonchev–Trinajstić information content (AvgIpc) is 2.58. The van der Waals surface area contributed by atoms with Crippen molar-refractivity contribution in [2.75, 3.05) is 0 Å². The molecule has 0 amide bonds. The number of carbonyl (C=O) groups excluding carboxylic acids is 1. The zero-order chi connectivity index (χ0) is 10.8. The van der Waals surface area contributed by atoms with Gasteiger partial charge in [-0.25, -0.2) is 0 Å². The van der Waals surface area contributed by atoms with Crippen molar-refractivity contribution in [2.45, 2.75) is 0 Å². The molecule has 1 aromatic carbocycles. The molecule has 0 bridgehead atoms. The van der Waals surface area contributed by atoms with Crippen LogP contribution in [0.3, 0.4) is 0 Å². The number of halogens is 2. The molecule has 0 aliphatic heterocycles. The zero-order valence-electron chi connectivity index (χ0n) is 7.54. The van der Waals surface area contributed by atoms with Crippen molar-refractivity contribution in [3.8, 4) is 0 Å². The largest absolute Gasteiger partial charge is 0.289 e. The van der Waals surface area contributed by atoms with Gasteiger partial charge in [-0.2, -0.15) is 0 Å². The van der Waals surface area contributed by atoms with Gasteiger partial charge in [0.1, 0.15) is 4.34 Å². The number of ketones is 1. The average molecular weight is 257 g/mol. The second-order valence-corrected chi connectivity index (χ2v) is 5.22. The van der Waals surface area contributed by atoms with Gasteiger partial charge in [-0.05, 0) is 6.07 Å². The lowest BCUT2D eigenvalue weighted by molar-refractivity contribution is 0.103. The highest BCUT2D eigenvalue weighted by Crippen LogP contribution is 2.32. The van der Waals surface area contributed by atoms with Gasteiger partial charge in [0, 0.05) is 5.56 Å². The third kappa shape index (κ3) is 2.23. The summed E-state index contributed by atoms with van der Waals surface area (Å²) < 4.78 is 0.966. The van der Waals surface area contributed by atoms with Crippen LogP contribution < -0.4 is 0 Å². The molecule has 0 radical (unpaired) electrons. The van der Waals surface area contributed by atoms with Gasteiger partial charge in [-0.3, -0.25) is 4.79 Å². The summed E-state index contributed by atoms with van der Waals surface area (Å²) in [6.45, 7) is 0. The van der Waals surface area contributed by atoms with E-state index in [1.165, 1.54) is 11.3 Å². The standard InChI is InChI=1S/C11H6Cl2OS/c12-9-6-8(11(13)15-9)10(14)7-4-2-1-3-5-7/h1-6H. The van der Waals surface area contributed by atoms with Crippen molar-refractivity contribution in [1.29, 1.82) is 0 Å². The van der Waals surface area contributed by atoms with Gasteiger partial charge >= 0.3 is 0 Å². The van der Waals surface area contributed by atoms with E-state index < -0.39 is 0 Å². The number of hydrogen-bond acceptors (Lipinski definition) is 2. The lowest BCUT2D eigenvalue weighted by atomic mass is 10.1. The normalized spacial score (nSPS) is 10.3. The SMILES string of the molecule is O=C(c1ccccc1)c1cc(Cl)sc1Cl. The predicted molar refractivity (Wildman–Crippen MR) is 64.2 cm³/mol. The van der Waals surface area contributed by atoms with Crippen LogP contribution >= 0.6 is 34.5 Å². The maximum Gasteiger partial charge on any atom is 0.195 e. The third-order valence-electron chi connectivity index (χ3n) is 1.94. The molecule has 76 valence electrons. The van der Waals surface area contributed by atoms with Crippen molar-refractivity contribution >= 4 is 40.3 Å². The molecular formula is C11H6Cl2OS. The molecule has 0 N–H and O–H groups in total. The molecule has 0 fully saturated rings. The van der Waals surface area contributed by atoms with E-state index in [2.05, 4.69) is 0 Å². The topological polar surface area (TPSA) is 17.1 Å². The molecule has 0 aliphatic rings. The zero-order valence-corrected chi connectivity index (χ0v) is 9.86. The van der Waals surface area contributed by atoms with Gasteiger partial charge in [-0.1, -0.05) is 53.5 Å². The van der Waals surface area contributed by atoms with E-state index in [-0.39, 0.29) is 5.78 Å². The first-order chi connectivity index (χ1) is 7.18. The summed E-state index contributed by atoms with van der Waals surface area (Å²) in [5, 5.41) is 0. The molecule has 4 heteroatoms. The van der Waals surface area contributed by atoms with Gasteiger partial charge in [0.05, 0.1) is 9.90 Å². The molecule has 0 saturated carbocycles. The second-order valence-electron chi connectivity index (χ2n) is 2.93. The van der Waals surface area contributed by atoms with Gasteiger partial charge < -0.3 is 0 Å². The van der Waals surface area contributed by atoms with Crippen LogP contribution in [0, 0.1) is 0 Å². The van der Waals surface area contributed by atoms with E-state index in [1.54, 1.807) is 18.2 Å². The fourth-order valence-electron chi connectivity index (χ4n) is 1.24. The summed E-state index contributed by atoms with van der Waals surface area (Å²) in [5.41, 5.74) is 1.09. The first-order valence-electron chi connectivity index (χ1n) is 4.23. The smallest absolute Gasteiger partial charge is 0.195 e. The monoisotopic (exact) mass is 256 g/mol. The fourth-order valence-corrected chi connectivity index (χ4v) is 2.70. The minimum absolute atomic E-state index is 0.0937. The summed E-state index contributed by atoms with van der Waals surface area (Å²) in [6.07, 6.45) is 0. The van der Waals surface area contributed by atoms with E-state index in [9.17, 15) is 4.79 Å². The molecule has 1 heterocycles. The Bertz CT molecular complexity index is 491. The van der Waals surface area contributed by atoms with Crippen molar-refractivity contribution in [1.82, 2.24) is 0 Å². The molecule has 0 atom stereocenters. The van der Waals surface area contributed by atoms with Crippen LogP contribution in [0.15, 0.2) is 36.4 Å². The van der Waals surface area contributed by atoms with Gasteiger partial charge in [-0.15, -0.1) is 11.3 Å². The third-order valence-corrected chi connectivity index (χ3v) is 3.42. The minimum Gasteiger partial charge on any atom is -0.289 e. The Morgan fingerprint density at radius 2 is 1.80 bits per heavy atom. The predicted octanol–water partition coefficient (Wildman–Crippen LogP) is 4.29. The van der Waals surface area contributed by atoms with Crippen LogP contribution in [0.5, 0.6) is 0 Å². The lowest BCUT2D eigenvalue weighted by Gasteiger charge is -1.97. The first kappa shape index (κ1) is 10.7. The number of benzene rings is 1.